The quantitative estimate of drug-likeness (QED) is 0.293. The van der Waals surface area contributed by atoms with E-state index < -0.39 is 0 Å². The number of carbonyl (C=O) groups is 2. The van der Waals surface area contributed by atoms with Gasteiger partial charge in [0.1, 0.15) is 16.5 Å². The van der Waals surface area contributed by atoms with Crippen LogP contribution in [-0.4, -0.2) is 41.8 Å². The van der Waals surface area contributed by atoms with Gasteiger partial charge in [-0.3, -0.25) is 19.7 Å². The first-order valence-electron chi connectivity index (χ1n) is 10.7. The van der Waals surface area contributed by atoms with E-state index in [1.807, 2.05) is 13.0 Å². The van der Waals surface area contributed by atoms with E-state index in [4.69, 9.17) is 0 Å². The molecule has 4 rings (SSSR count). The van der Waals surface area contributed by atoms with Crippen LogP contribution in [0.1, 0.15) is 67.0 Å². The summed E-state index contributed by atoms with van der Waals surface area (Å²) in [5.41, 5.74) is 4.08. The molecule has 0 radical (unpaired) electrons. The zero-order valence-electron chi connectivity index (χ0n) is 17.8. The molecule has 0 saturated carbocycles. The summed E-state index contributed by atoms with van der Waals surface area (Å²) in [5, 5.41) is 10.8. The van der Waals surface area contributed by atoms with Crippen LogP contribution in [0, 0.1) is 0 Å². The number of aromatic nitrogens is 6. The molecule has 4 aromatic rings. The number of thiazole rings is 1. The lowest BCUT2D eigenvalue weighted by Gasteiger charge is -2.16. The number of nitrogens with one attached hydrogen (secondary N) is 3. The molecule has 0 aliphatic heterocycles. The van der Waals surface area contributed by atoms with E-state index in [-0.39, 0.29) is 11.9 Å². The van der Waals surface area contributed by atoms with Crippen LogP contribution in [0.25, 0.3) is 22.3 Å². The number of H-pyrrole nitrogens is 2. The van der Waals surface area contributed by atoms with Gasteiger partial charge in [-0.15, -0.1) is 11.3 Å². The van der Waals surface area contributed by atoms with E-state index in [0.29, 0.717) is 29.3 Å². The molecule has 0 unspecified atom stereocenters. The maximum atomic E-state index is 12.7. The maximum Gasteiger partial charge on any atom is 0.263 e. The van der Waals surface area contributed by atoms with Crippen LogP contribution in [0.2, 0.25) is 0 Å². The van der Waals surface area contributed by atoms with Crippen molar-refractivity contribution in [3.05, 3.63) is 47.1 Å². The van der Waals surface area contributed by atoms with E-state index in [2.05, 4.69) is 35.5 Å². The summed E-state index contributed by atoms with van der Waals surface area (Å²) in [6.45, 7) is 1.89. The second kappa shape index (κ2) is 10.3. The molecule has 4 aromatic heterocycles. The van der Waals surface area contributed by atoms with Crippen molar-refractivity contribution in [2.45, 2.75) is 51.5 Å². The SMILES string of the molecule is CCC(=O)CCCCC[C@H](NC(=O)c1cncs1)c1ncc(-c2cnc3[nH]ncc3c2)[nH]1. The minimum absolute atomic E-state index is 0.168. The molecule has 0 aliphatic carbocycles. The molecule has 0 saturated heterocycles. The number of pyridine rings is 1. The predicted octanol–water partition coefficient (Wildman–Crippen LogP) is 4.21. The number of hydrogen-bond donors (Lipinski definition) is 3. The normalized spacial score (nSPS) is 12.2. The van der Waals surface area contributed by atoms with Crippen molar-refractivity contribution in [2.75, 3.05) is 0 Å². The molecule has 9 nitrogen and oxygen atoms in total. The predicted molar refractivity (Wildman–Crippen MR) is 122 cm³/mol. The van der Waals surface area contributed by atoms with Crippen LogP contribution in [0.4, 0.5) is 0 Å². The zero-order valence-corrected chi connectivity index (χ0v) is 18.6. The maximum absolute atomic E-state index is 12.7. The zero-order chi connectivity index (χ0) is 22.3. The minimum atomic E-state index is -0.272. The smallest absolute Gasteiger partial charge is 0.263 e. The number of Topliss-reactive ketones (excluding diaryl/α,β-unsaturated/α-hetero) is 1. The molecule has 0 aliphatic rings. The first-order valence-corrected chi connectivity index (χ1v) is 11.6. The Morgan fingerprint density at radius 1 is 1.12 bits per heavy atom. The van der Waals surface area contributed by atoms with Gasteiger partial charge >= 0.3 is 0 Å². The van der Waals surface area contributed by atoms with Crippen molar-refractivity contribution in [3.8, 4) is 11.3 Å². The van der Waals surface area contributed by atoms with Crippen molar-refractivity contribution in [1.82, 2.24) is 35.5 Å². The van der Waals surface area contributed by atoms with Crippen molar-refractivity contribution in [2.24, 2.45) is 0 Å². The number of fused-ring (bicyclic) bond motifs is 1. The number of hydrogen-bond acceptors (Lipinski definition) is 7. The topological polar surface area (TPSA) is 129 Å². The Balaban J connectivity index is 1.47. The highest BCUT2D eigenvalue weighted by Gasteiger charge is 2.20. The largest absolute Gasteiger partial charge is 0.341 e. The molecule has 4 heterocycles. The summed E-state index contributed by atoms with van der Waals surface area (Å²) in [6, 6.07) is 1.71. The number of rotatable bonds is 11. The summed E-state index contributed by atoms with van der Waals surface area (Å²) in [5.74, 6) is 0.812. The van der Waals surface area contributed by atoms with E-state index >= 15 is 0 Å². The van der Waals surface area contributed by atoms with Gasteiger partial charge in [-0.1, -0.05) is 19.8 Å². The summed E-state index contributed by atoms with van der Waals surface area (Å²) in [6.07, 6.45) is 11.4. The van der Waals surface area contributed by atoms with Crippen LogP contribution in [-0.2, 0) is 4.79 Å². The second-order valence-corrected chi connectivity index (χ2v) is 8.48. The van der Waals surface area contributed by atoms with Crippen molar-refractivity contribution in [3.63, 3.8) is 0 Å². The monoisotopic (exact) mass is 451 g/mol. The van der Waals surface area contributed by atoms with Gasteiger partial charge in [0, 0.05) is 30.0 Å². The number of nitrogens with zero attached hydrogens (tertiary/aromatic N) is 4. The molecular weight excluding hydrogens is 426 g/mol. The number of ketones is 1. The van der Waals surface area contributed by atoms with Gasteiger partial charge in [-0.25, -0.2) is 9.97 Å². The van der Waals surface area contributed by atoms with Gasteiger partial charge in [0.05, 0.1) is 35.8 Å². The van der Waals surface area contributed by atoms with Crippen molar-refractivity contribution in [1.29, 1.82) is 0 Å². The van der Waals surface area contributed by atoms with Crippen LogP contribution in [0.5, 0.6) is 0 Å². The lowest BCUT2D eigenvalue weighted by molar-refractivity contribution is -0.118. The molecule has 0 bridgehead atoms. The first-order chi connectivity index (χ1) is 15.6. The van der Waals surface area contributed by atoms with Gasteiger partial charge in [0.2, 0.25) is 0 Å². The number of carbonyl (C=O) groups excluding carboxylic acids is 2. The number of imidazole rings is 1. The Morgan fingerprint density at radius 3 is 2.84 bits per heavy atom. The van der Waals surface area contributed by atoms with Crippen LogP contribution >= 0.6 is 11.3 Å². The molecule has 0 aromatic carbocycles. The van der Waals surface area contributed by atoms with Crippen LogP contribution in [0.15, 0.2) is 36.4 Å². The van der Waals surface area contributed by atoms with Gasteiger partial charge < -0.3 is 10.3 Å². The van der Waals surface area contributed by atoms with Crippen molar-refractivity contribution < 1.29 is 9.59 Å². The third kappa shape index (κ3) is 5.25. The molecule has 1 atom stereocenters. The Morgan fingerprint density at radius 2 is 2.03 bits per heavy atom. The van der Waals surface area contributed by atoms with E-state index in [1.54, 1.807) is 30.3 Å². The first kappa shape index (κ1) is 21.8. The highest BCUT2D eigenvalue weighted by Crippen LogP contribution is 2.24. The second-order valence-electron chi connectivity index (χ2n) is 7.60. The fourth-order valence-corrected chi connectivity index (χ4v) is 4.03. The Kier molecular flexibility index (Phi) is 7.00. The minimum Gasteiger partial charge on any atom is -0.341 e. The average Bonchev–Trinajstić information content (AvgIpc) is 3.58. The Hall–Kier alpha value is -3.40. The fourth-order valence-electron chi connectivity index (χ4n) is 3.50. The summed E-state index contributed by atoms with van der Waals surface area (Å²) in [7, 11) is 0. The standard InChI is InChI=1S/C22H25N7O2S/c1-2-16(30)6-4-3-5-7-17(28-22(31)19-12-23-13-32-19)21-25-11-18(27-21)14-8-15-10-26-29-20(15)24-9-14/h8-13,17H,2-7H2,1H3,(H,25,27)(H,28,31)(H,24,26,29)/t17-/m0/s1. The van der Waals surface area contributed by atoms with Crippen molar-refractivity contribution >= 4 is 34.1 Å². The number of amides is 1. The summed E-state index contributed by atoms with van der Waals surface area (Å²) >= 11 is 1.30. The molecule has 10 heteroatoms. The molecule has 0 fully saturated rings. The molecular formula is C22H25N7O2S. The molecule has 1 amide bonds. The van der Waals surface area contributed by atoms with Crippen LogP contribution in [0.3, 0.4) is 0 Å². The van der Waals surface area contributed by atoms with Gasteiger partial charge in [-0.2, -0.15) is 5.10 Å². The Bertz CT molecular complexity index is 1180. The highest BCUT2D eigenvalue weighted by atomic mass is 32.1. The van der Waals surface area contributed by atoms with Gasteiger partial charge in [0.25, 0.3) is 5.91 Å². The average molecular weight is 452 g/mol. The number of unbranched alkanes of at least 4 members (excludes halogenated alkanes) is 2. The van der Waals surface area contributed by atoms with Gasteiger partial charge in [0.15, 0.2) is 5.65 Å². The highest BCUT2D eigenvalue weighted by molar-refractivity contribution is 7.11. The van der Waals surface area contributed by atoms with E-state index in [9.17, 15) is 9.59 Å². The third-order valence-electron chi connectivity index (χ3n) is 5.33. The molecule has 32 heavy (non-hydrogen) atoms. The number of aromatic amines is 2. The Labute approximate surface area is 189 Å². The summed E-state index contributed by atoms with van der Waals surface area (Å²) in [4.78, 5) is 41.0. The molecule has 0 spiro atoms. The fraction of sp³-hybridized carbons (Fsp3) is 0.364. The molecule has 166 valence electrons. The lowest BCUT2D eigenvalue weighted by Crippen LogP contribution is -2.28. The third-order valence-corrected chi connectivity index (χ3v) is 6.10. The van der Waals surface area contributed by atoms with E-state index in [0.717, 1.165) is 48.0 Å². The lowest BCUT2D eigenvalue weighted by atomic mass is 10.0. The molecule has 3 N–H and O–H groups in total. The summed E-state index contributed by atoms with van der Waals surface area (Å²) < 4.78 is 0. The van der Waals surface area contributed by atoms with Crippen LogP contribution < -0.4 is 5.32 Å². The van der Waals surface area contributed by atoms with E-state index in [1.165, 1.54) is 11.3 Å². The van der Waals surface area contributed by atoms with Gasteiger partial charge in [-0.05, 0) is 18.9 Å².